The highest BCUT2D eigenvalue weighted by Crippen LogP contribution is 2.39. The van der Waals surface area contributed by atoms with Crippen molar-refractivity contribution >= 4 is 11.8 Å². The number of anilines is 1. The van der Waals surface area contributed by atoms with Gasteiger partial charge in [0.1, 0.15) is 5.60 Å². The number of aromatic nitrogens is 1. The van der Waals surface area contributed by atoms with Crippen LogP contribution in [0.2, 0.25) is 0 Å². The Kier molecular flexibility index (Phi) is 6.01. The predicted octanol–water partition coefficient (Wildman–Crippen LogP) is 6.07. The van der Waals surface area contributed by atoms with Crippen molar-refractivity contribution in [1.29, 1.82) is 0 Å². The second-order valence-electron chi connectivity index (χ2n) is 9.31. The second-order valence-corrected chi connectivity index (χ2v) is 9.31. The Hall–Kier alpha value is -3.39. The molecule has 1 spiro atoms. The number of ether oxygens (including phenoxy) is 1. The van der Waals surface area contributed by atoms with Crippen molar-refractivity contribution in [3.05, 3.63) is 83.7 Å². The molecule has 8 heteroatoms. The summed E-state index contributed by atoms with van der Waals surface area (Å²) in [6.45, 7) is 3.61. The lowest BCUT2D eigenvalue weighted by Gasteiger charge is -2.37. The summed E-state index contributed by atoms with van der Waals surface area (Å²) in [5.74, 6) is 0. The molecule has 0 bridgehead atoms. The Labute approximate surface area is 202 Å². The van der Waals surface area contributed by atoms with Crippen molar-refractivity contribution in [2.45, 2.75) is 38.1 Å². The first kappa shape index (κ1) is 23.4. The summed E-state index contributed by atoms with van der Waals surface area (Å²) in [7, 11) is 0. The number of benzene rings is 2. The number of para-hydroxylation sites is 1. The number of carbonyl (C=O) groups is 1. The van der Waals surface area contributed by atoms with Gasteiger partial charge in [-0.05, 0) is 59.5 Å². The van der Waals surface area contributed by atoms with Crippen LogP contribution in [0.4, 0.5) is 23.7 Å². The Bertz CT molecular complexity index is 1210. The zero-order chi connectivity index (χ0) is 24.6. The van der Waals surface area contributed by atoms with E-state index in [9.17, 15) is 18.0 Å². The molecule has 1 aromatic heterocycles. The van der Waals surface area contributed by atoms with E-state index >= 15 is 0 Å². The van der Waals surface area contributed by atoms with Crippen molar-refractivity contribution in [1.82, 2.24) is 9.88 Å². The zero-order valence-corrected chi connectivity index (χ0v) is 19.4. The van der Waals surface area contributed by atoms with Crippen molar-refractivity contribution in [3.8, 4) is 11.1 Å². The molecule has 2 fully saturated rings. The highest BCUT2D eigenvalue weighted by Gasteiger charge is 2.47. The number of carbonyl (C=O) groups excluding carboxylic acids is 1. The van der Waals surface area contributed by atoms with E-state index in [-0.39, 0.29) is 11.7 Å². The number of pyridine rings is 1. The van der Waals surface area contributed by atoms with E-state index in [0.717, 1.165) is 16.8 Å². The average molecular weight is 482 g/mol. The Morgan fingerprint density at radius 1 is 1.03 bits per heavy atom. The minimum atomic E-state index is -4.42. The Morgan fingerprint density at radius 2 is 1.71 bits per heavy atom. The van der Waals surface area contributed by atoms with Crippen LogP contribution < -0.4 is 4.90 Å². The molecule has 2 aromatic carbocycles. The van der Waals surface area contributed by atoms with Gasteiger partial charge in [-0.3, -0.25) is 14.8 Å². The van der Waals surface area contributed by atoms with Gasteiger partial charge >= 0.3 is 12.3 Å². The van der Waals surface area contributed by atoms with Crippen LogP contribution in [0.15, 0.2) is 67.0 Å². The second kappa shape index (κ2) is 9.00. The van der Waals surface area contributed by atoms with E-state index in [1.807, 2.05) is 42.5 Å². The summed E-state index contributed by atoms with van der Waals surface area (Å²) in [5.41, 5.74) is 2.07. The molecule has 3 heterocycles. The predicted molar refractivity (Wildman–Crippen MR) is 127 cm³/mol. The lowest BCUT2D eigenvalue weighted by atomic mass is 9.90. The van der Waals surface area contributed by atoms with Crippen LogP contribution in [-0.4, -0.2) is 41.2 Å². The molecule has 3 aromatic rings. The van der Waals surface area contributed by atoms with Gasteiger partial charge in [0.05, 0.1) is 12.1 Å². The summed E-state index contributed by atoms with van der Waals surface area (Å²) in [6, 6.07) is 15.9. The standard InChI is InChI=1S/C27H26F3N3O2/c1-19-15-23(20-7-11-31-12-8-20)21(16-24(19)27(28,29)30)17-32-13-9-26(10-14-32)18-33(25(34)35-26)22-5-3-2-4-6-22/h2-8,11-12,15-16H,9-10,13-14,17-18H2,1H3. The third-order valence-electron chi connectivity index (χ3n) is 6.95. The van der Waals surface area contributed by atoms with Crippen LogP contribution in [-0.2, 0) is 17.5 Å². The Balaban J connectivity index is 1.35. The van der Waals surface area contributed by atoms with Gasteiger partial charge in [-0.25, -0.2) is 4.79 Å². The van der Waals surface area contributed by atoms with Crippen LogP contribution in [0.1, 0.15) is 29.5 Å². The third-order valence-corrected chi connectivity index (χ3v) is 6.95. The SMILES string of the molecule is Cc1cc(-c2ccncc2)c(CN2CCC3(CC2)CN(c2ccccc2)C(=O)O3)cc1C(F)(F)F. The van der Waals surface area contributed by atoms with Crippen molar-refractivity contribution in [2.75, 3.05) is 24.5 Å². The summed E-state index contributed by atoms with van der Waals surface area (Å²) < 4.78 is 46.9. The first-order chi connectivity index (χ1) is 16.7. The molecule has 35 heavy (non-hydrogen) atoms. The van der Waals surface area contributed by atoms with E-state index in [2.05, 4.69) is 9.88 Å². The van der Waals surface area contributed by atoms with E-state index in [0.29, 0.717) is 44.6 Å². The van der Waals surface area contributed by atoms with E-state index in [1.165, 1.54) is 13.0 Å². The molecule has 0 saturated carbocycles. The van der Waals surface area contributed by atoms with Gasteiger partial charge in [0.2, 0.25) is 0 Å². The summed E-state index contributed by atoms with van der Waals surface area (Å²) in [6.07, 6.45) is -0.221. The maximum atomic E-state index is 13.7. The van der Waals surface area contributed by atoms with Crippen molar-refractivity contribution < 1.29 is 22.7 Å². The normalized spacial score (nSPS) is 18.2. The van der Waals surface area contributed by atoms with Crippen LogP contribution in [0.25, 0.3) is 11.1 Å². The van der Waals surface area contributed by atoms with E-state index in [4.69, 9.17) is 4.74 Å². The number of likely N-dealkylation sites (tertiary alicyclic amines) is 1. The molecule has 0 radical (unpaired) electrons. The topological polar surface area (TPSA) is 45.7 Å². The molecule has 2 saturated heterocycles. The Morgan fingerprint density at radius 3 is 2.37 bits per heavy atom. The molecule has 0 aliphatic carbocycles. The number of piperidine rings is 1. The summed E-state index contributed by atoms with van der Waals surface area (Å²) >= 11 is 0. The fourth-order valence-electron chi connectivity index (χ4n) is 5.04. The zero-order valence-electron chi connectivity index (χ0n) is 19.4. The summed E-state index contributed by atoms with van der Waals surface area (Å²) in [5, 5.41) is 0. The fraction of sp³-hybridized carbons (Fsp3) is 0.333. The van der Waals surface area contributed by atoms with Crippen molar-refractivity contribution in [2.24, 2.45) is 0 Å². The molecule has 0 unspecified atom stereocenters. The molecule has 2 aliphatic heterocycles. The molecular formula is C27H26F3N3O2. The molecule has 0 N–H and O–H groups in total. The molecule has 1 amide bonds. The number of alkyl halides is 3. The number of hydrogen-bond acceptors (Lipinski definition) is 4. The monoisotopic (exact) mass is 481 g/mol. The van der Waals surface area contributed by atoms with Gasteiger partial charge < -0.3 is 4.74 Å². The number of rotatable bonds is 4. The van der Waals surface area contributed by atoms with Gasteiger partial charge in [-0.2, -0.15) is 13.2 Å². The highest BCUT2D eigenvalue weighted by atomic mass is 19.4. The number of aryl methyl sites for hydroxylation is 1. The first-order valence-corrected chi connectivity index (χ1v) is 11.6. The van der Waals surface area contributed by atoms with Gasteiger partial charge in [0, 0.05) is 50.6 Å². The largest absolute Gasteiger partial charge is 0.441 e. The molecule has 5 nitrogen and oxygen atoms in total. The molecular weight excluding hydrogens is 455 g/mol. The number of hydrogen-bond donors (Lipinski definition) is 0. The average Bonchev–Trinajstić information content (AvgIpc) is 3.17. The summed E-state index contributed by atoms with van der Waals surface area (Å²) in [4.78, 5) is 20.4. The lowest BCUT2D eigenvalue weighted by molar-refractivity contribution is -0.138. The van der Waals surface area contributed by atoms with Gasteiger partial charge in [0.15, 0.2) is 0 Å². The number of halogens is 3. The quantitative estimate of drug-likeness (QED) is 0.454. The minimum absolute atomic E-state index is 0.199. The lowest BCUT2D eigenvalue weighted by Crippen LogP contribution is -2.46. The van der Waals surface area contributed by atoms with Gasteiger partial charge in [0.25, 0.3) is 0 Å². The van der Waals surface area contributed by atoms with Gasteiger partial charge in [-0.15, -0.1) is 0 Å². The third kappa shape index (κ3) is 4.75. The smallest absolute Gasteiger partial charge is 0.416 e. The maximum absolute atomic E-state index is 13.7. The molecule has 0 atom stereocenters. The van der Waals surface area contributed by atoms with Gasteiger partial charge in [-0.1, -0.05) is 24.3 Å². The highest BCUT2D eigenvalue weighted by molar-refractivity contribution is 5.90. The number of amides is 1. The minimum Gasteiger partial charge on any atom is -0.441 e. The van der Waals surface area contributed by atoms with Crippen LogP contribution in [0, 0.1) is 6.92 Å². The fourth-order valence-corrected chi connectivity index (χ4v) is 5.04. The maximum Gasteiger partial charge on any atom is 0.416 e. The van der Waals surface area contributed by atoms with Crippen LogP contribution >= 0.6 is 0 Å². The first-order valence-electron chi connectivity index (χ1n) is 11.6. The van der Waals surface area contributed by atoms with E-state index < -0.39 is 17.3 Å². The van der Waals surface area contributed by atoms with Crippen LogP contribution in [0.5, 0.6) is 0 Å². The van der Waals surface area contributed by atoms with Crippen LogP contribution in [0.3, 0.4) is 0 Å². The number of nitrogens with zero attached hydrogens (tertiary/aromatic N) is 3. The molecule has 182 valence electrons. The van der Waals surface area contributed by atoms with Crippen molar-refractivity contribution in [3.63, 3.8) is 0 Å². The molecule has 5 rings (SSSR count). The van der Waals surface area contributed by atoms with E-state index in [1.54, 1.807) is 23.4 Å². The molecule has 2 aliphatic rings.